The van der Waals surface area contributed by atoms with E-state index in [-0.39, 0.29) is 0 Å². The SMILES string of the molecule is Cc1ccc(C=Cc2cccc3cccc(C=Cc4ccc(C)cc4)c23)cc1. The van der Waals surface area contributed by atoms with Gasteiger partial charge in [-0.1, -0.05) is 120 Å². The Bertz CT molecular complexity index is 1050. The van der Waals surface area contributed by atoms with Gasteiger partial charge in [0.05, 0.1) is 0 Å². The van der Waals surface area contributed by atoms with Crippen molar-refractivity contribution in [2.24, 2.45) is 0 Å². The van der Waals surface area contributed by atoms with Crippen LogP contribution in [0.25, 0.3) is 35.1 Å². The van der Waals surface area contributed by atoms with Crippen LogP contribution in [0.5, 0.6) is 0 Å². The number of hydrogen-bond donors (Lipinski definition) is 0. The van der Waals surface area contributed by atoms with Crippen LogP contribution in [0.1, 0.15) is 33.4 Å². The van der Waals surface area contributed by atoms with Crippen molar-refractivity contribution in [2.45, 2.75) is 13.8 Å². The van der Waals surface area contributed by atoms with Gasteiger partial charge in [0.1, 0.15) is 0 Å². The molecule has 4 aromatic rings. The van der Waals surface area contributed by atoms with Crippen molar-refractivity contribution in [2.75, 3.05) is 0 Å². The van der Waals surface area contributed by atoms with Gasteiger partial charge in [0, 0.05) is 0 Å². The molecule has 0 aliphatic rings. The van der Waals surface area contributed by atoms with Gasteiger partial charge >= 0.3 is 0 Å². The van der Waals surface area contributed by atoms with Crippen molar-refractivity contribution >= 4 is 35.1 Å². The molecule has 0 saturated carbocycles. The van der Waals surface area contributed by atoms with Crippen LogP contribution in [-0.4, -0.2) is 0 Å². The van der Waals surface area contributed by atoms with E-state index in [2.05, 4.69) is 123 Å². The lowest BCUT2D eigenvalue weighted by Gasteiger charge is -2.07. The summed E-state index contributed by atoms with van der Waals surface area (Å²) in [7, 11) is 0. The zero-order valence-corrected chi connectivity index (χ0v) is 16.4. The van der Waals surface area contributed by atoms with Crippen LogP contribution < -0.4 is 0 Å². The molecule has 136 valence electrons. The predicted octanol–water partition coefficient (Wildman–Crippen LogP) is 7.80. The molecule has 0 aliphatic heterocycles. The Balaban J connectivity index is 1.73. The van der Waals surface area contributed by atoms with Gasteiger partial charge in [-0.25, -0.2) is 0 Å². The van der Waals surface area contributed by atoms with Crippen LogP contribution in [0.4, 0.5) is 0 Å². The average Bonchev–Trinajstić information content (AvgIpc) is 2.73. The van der Waals surface area contributed by atoms with Crippen LogP contribution in [0.2, 0.25) is 0 Å². The van der Waals surface area contributed by atoms with E-state index in [4.69, 9.17) is 0 Å². The standard InChI is InChI=1S/C28H24/c1-21-9-13-23(14-10-21)17-19-26-7-3-5-25-6-4-8-27(28(25)26)20-18-24-15-11-22(2)12-16-24/h3-20H,1-2H3. The monoisotopic (exact) mass is 360 g/mol. The van der Waals surface area contributed by atoms with Crippen molar-refractivity contribution in [3.05, 3.63) is 118 Å². The Hall–Kier alpha value is -3.38. The van der Waals surface area contributed by atoms with E-state index in [0.29, 0.717) is 0 Å². The zero-order chi connectivity index (χ0) is 19.3. The third-order valence-electron chi connectivity index (χ3n) is 5.03. The van der Waals surface area contributed by atoms with Crippen LogP contribution >= 0.6 is 0 Å². The molecular formula is C28H24. The van der Waals surface area contributed by atoms with Gasteiger partial charge < -0.3 is 0 Å². The lowest BCUT2D eigenvalue weighted by Crippen LogP contribution is -1.83. The second kappa shape index (κ2) is 8.10. The quantitative estimate of drug-likeness (QED) is 0.326. The summed E-state index contributed by atoms with van der Waals surface area (Å²) in [4.78, 5) is 0. The molecule has 0 heterocycles. The summed E-state index contributed by atoms with van der Waals surface area (Å²) in [6, 6.07) is 30.3. The number of fused-ring (bicyclic) bond motifs is 1. The Morgan fingerprint density at radius 1 is 0.464 bits per heavy atom. The second-order valence-electron chi connectivity index (χ2n) is 7.28. The Labute approximate surface area is 167 Å². The molecule has 0 fully saturated rings. The van der Waals surface area contributed by atoms with E-state index in [1.165, 1.54) is 44.2 Å². The van der Waals surface area contributed by atoms with Gasteiger partial charge in [0.25, 0.3) is 0 Å². The largest absolute Gasteiger partial charge is 0.0610 e. The summed E-state index contributed by atoms with van der Waals surface area (Å²) in [6.45, 7) is 4.23. The van der Waals surface area contributed by atoms with Gasteiger partial charge in [-0.3, -0.25) is 0 Å². The van der Waals surface area contributed by atoms with Crippen molar-refractivity contribution < 1.29 is 0 Å². The molecule has 0 spiro atoms. The molecular weight excluding hydrogens is 336 g/mol. The molecule has 0 unspecified atom stereocenters. The van der Waals surface area contributed by atoms with E-state index in [1.807, 2.05) is 0 Å². The van der Waals surface area contributed by atoms with Crippen LogP contribution in [0.15, 0.2) is 84.9 Å². The molecule has 28 heavy (non-hydrogen) atoms. The highest BCUT2D eigenvalue weighted by Gasteiger charge is 2.02. The number of hydrogen-bond acceptors (Lipinski definition) is 0. The summed E-state index contributed by atoms with van der Waals surface area (Å²) in [5.74, 6) is 0. The van der Waals surface area contributed by atoms with E-state index in [1.54, 1.807) is 0 Å². The lowest BCUT2D eigenvalue weighted by atomic mass is 9.97. The fourth-order valence-corrected chi connectivity index (χ4v) is 3.40. The van der Waals surface area contributed by atoms with Crippen molar-refractivity contribution in [1.82, 2.24) is 0 Å². The summed E-state index contributed by atoms with van der Waals surface area (Å²) in [5, 5.41) is 2.55. The molecule has 0 atom stereocenters. The molecule has 0 aromatic heterocycles. The van der Waals surface area contributed by atoms with E-state index in [9.17, 15) is 0 Å². The fourth-order valence-electron chi connectivity index (χ4n) is 3.40. The molecule has 0 nitrogen and oxygen atoms in total. The van der Waals surface area contributed by atoms with Gasteiger partial charge in [0.2, 0.25) is 0 Å². The smallest absolute Gasteiger partial charge is 0.00389 e. The van der Waals surface area contributed by atoms with Crippen LogP contribution in [-0.2, 0) is 0 Å². The second-order valence-corrected chi connectivity index (χ2v) is 7.28. The minimum atomic E-state index is 1.22. The summed E-state index contributed by atoms with van der Waals surface area (Å²) in [5.41, 5.74) is 7.48. The first kappa shape index (κ1) is 18.0. The predicted molar refractivity (Wildman–Crippen MR) is 124 cm³/mol. The molecule has 4 rings (SSSR count). The zero-order valence-electron chi connectivity index (χ0n) is 16.4. The maximum absolute atomic E-state index is 2.22. The summed E-state index contributed by atoms with van der Waals surface area (Å²) < 4.78 is 0. The minimum absolute atomic E-state index is 1.22. The molecule has 4 aromatic carbocycles. The first-order chi connectivity index (χ1) is 13.7. The third-order valence-corrected chi connectivity index (χ3v) is 5.03. The molecule has 0 N–H and O–H groups in total. The Morgan fingerprint density at radius 3 is 1.32 bits per heavy atom. The normalized spacial score (nSPS) is 11.6. The van der Waals surface area contributed by atoms with Gasteiger partial charge in [0.15, 0.2) is 0 Å². The lowest BCUT2D eigenvalue weighted by molar-refractivity contribution is 1.46. The van der Waals surface area contributed by atoms with Crippen LogP contribution in [0.3, 0.4) is 0 Å². The summed E-state index contributed by atoms with van der Waals surface area (Å²) >= 11 is 0. The highest BCUT2D eigenvalue weighted by Crippen LogP contribution is 2.26. The highest BCUT2D eigenvalue weighted by molar-refractivity contribution is 5.99. The molecule has 0 saturated heterocycles. The Kier molecular flexibility index (Phi) is 5.21. The first-order valence-corrected chi connectivity index (χ1v) is 9.70. The van der Waals surface area contributed by atoms with Gasteiger partial charge in [-0.2, -0.15) is 0 Å². The van der Waals surface area contributed by atoms with E-state index in [0.717, 1.165) is 0 Å². The third kappa shape index (κ3) is 4.13. The fraction of sp³-hybridized carbons (Fsp3) is 0.0714. The van der Waals surface area contributed by atoms with Gasteiger partial charge in [-0.15, -0.1) is 0 Å². The highest BCUT2D eigenvalue weighted by atomic mass is 14.1. The Morgan fingerprint density at radius 2 is 0.893 bits per heavy atom. The maximum Gasteiger partial charge on any atom is -0.00389 e. The van der Waals surface area contributed by atoms with Crippen molar-refractivity contribution in [3.8, 4) is 0 Å². The maximum atomic E-state index is 2.22. The first-order valence-electron chi connectivity index (χ1n) is 9.70. The van der Waals surface area contributed by atoms with Crippen molar-refractivity contribution in [1.29, 1.82) is 0 Å². The van der Waals surface area contributed by atoms with Crippen molar-refractivity contribution in [3.63, 3.8) is 0 Å². The average molecular weight is 361 g/mol. The number of aryl methyl sites for hydroxylation is 2. The minimum Gasteiger partial charge on any atom is -0.0610 e. The topological polar surface area (TPSA) is 0 Å². The number of benzene rings is 4. The molecule has 0 radical (unpaired) electrons. The summed E-state index contributed by atoms with van der Waals surface area (Å²) in [6.07, 6.45) is 8.82. The van der Waals surface area contributed by atoms with Gasteiger partial charge in [-0.05, 0) is 46.9 Å². The number of rotatable bonds is 4. The molecule has 0 bridgehead atoms. The van der Waals surface area contributed by atoms with E-state index < -0.39 is 0 Å². The van der Waals surface area contributed by atoms with Crippen LogP contribution in [0, 0.1) is 13.8 Å². The van der Waals surface area contributed by atoms with E-state index >= 15 is 0 Å². The molecule has 0 aliphatic carbocycles. The molecule has 0 amide bonds. The molecule has 0 heteroatoms.